The Kier molecular flexibility index (Phi) is 4.71. The lowest BCUT2D eigenvalue weighted by molar-refractivity contribution is 0.157. The summed E-state index contributed by atoms with van der Waals surface area (Å²) in [5, 5.41) is 0. The molecule has 3 heteroatoms. The van der Waals surface area contributed by atoms with Crippen molar-refractivity contribution in [2.45, 2.75) is 33.2 Å². The Hall–Kier alpha value is -0.730. The van der Waals surface area contributed by atoms with Crippen LogP contribution in [0.25, 0.3) is 0 Å². The molecule has 0 heterocycles. The van der Waals surface area contributed by atoms with E-state index in [-0.39, 0.29) is 6.03 Å². The summed E-state index contributed by atoms with van der Waals surface area (Å²) in [6, 6.07) is 0.395. The SMILES string of the molecule is CCCN(C(=O)N(C)C)C(C)C. The summed E-state index contributed by atoms with van der Waals surface area (Å²) in [5.74, 6) is 0. The Morgan fingerprint density at radius 3 is 2.08 bits per heavy atom. The molecule has 0 saturated heterocycles. The normalized spacial score (nSPS) is 10.2. The second-order valence-electron chi connectivity index (χ2n) is 3.46. The van der Waals surface area contributed by atoms with E-state index in [2.05, 4.69) is 6.92 Å². The minimum absolute atomic E-state index is 0.104. The van der Waals surface area contributed by atoms with E-state index >= 15 is 0 Å². The van der Waals surface area contributed by atoms with Gasteiger partial charge in [-0.2, -0.15) is 0 Å². The molecule has 0 aliphatic carbocycles. The van der Waals surface area contributed by atoms with E-state index < -0.39 is 0 Å². The summed E-state index contributed by atoms with van der Waals surface area (Å²) in [7, 11) is 3.57. The number of carbonyl (C=O) groups is 1. The zero-order chi connectivity index (χ0) is 9.72. The molecule has 0 saturated carbocycles. The van der Waals surface area contributed by atoms with Crippen LogP contribution in [0, 0.1) is 0 Å². The average molecular weight is 172 g/mol. The summed E-state index contributed by atoms with van der Waals surface area (Å²) >= 11 is 0. The fourth-order valence-corrected chi connectivity index (χ4v) is 1.07. The van der Waals surface area contributed by atoms with Crippen molar-refractivity contribution in [2.75, 3.05) is 20.6 Å². The number of carbonyl (C=O) groups excluding carboxylic acids is 1. The van der Waals surface area contributed by atoms with Gasteiger partial charge in [0.05, 0.1) is 0 Å². The molecule has 0 aromatic heterocycles. The Morgan fingerprint density at radius 2 is 1.83 bits per heavy atom. The topological polar surface area (TPSA) is 23.6 Å². The molecule has 0 unspecified atom stereocenters. The highest BCUT2D eigenvalue weighted by Gasteiger charge is 2.16. The second kappa shape index (κ2) is 5.01. The fourth-order valence-electron chi connectivity index (χ4n) is 1.07. The molecule has 12 heavy (non-hydrogen) atoms. The van der Waals surface area contributed by atoms with Crippen molar-refractivity contribution in [3.63, 3.8) is 0 Å². The van der Waals surface area contributed by atoms with Crippen LogP contribution >= 0.6 is 0 Å². The zero-order valence-corrected chi connectivity index (χ0v) is 8.79. The maximum atomic E-state index is 11.5. The fraction of sp³-hybridized carbons (Fsp3) is 0.889. The first-order valence-corrected chi connectivity index (χ1v) is 4.48. The molecule has 0 rings (SSSR count). The third-order valence-corrected chi connectivity index (χ3v) is 1.72. The summed E-state index contributed by atoms with van der Waals surface area (Å²) < 4.78 is 0. The predicted molar refractivity (Wildman–Crippen MR) is 51.2 cm³/mol. The lowest BCUT2D eigenvalue weighted by Crippen LogP contribution is -2.43. The Balaban J connectivity index is 4.19. The molecule has 0 N–H and O–H groups in total. The minimum atomic E-state index is 0.104. The monoisotopic (exact) mass is 172 g/mol. The summed E-state index contributed by atoms with van der Waals surface area (Å²) in [5.41, 5.74) is 0. The van der Waals surface area contributed by atoms with E-state index in [1.54, 1.807) is 19.0 Å². The third kappa shape index (κ3) is 3.11. The smallest absolute Gasteiger partial charge is 0.319 e. The summed E-state index contributed by atoms with van der Waals surface area (Å²) in [6.07, 6.45) is 1.01. The molecule has 3 nitrogen and oxygen atoms in total. The largest absolute Gasteiger partial charge is 0.331 e. The molecule has 0 aliphatic heterocycles. The van der Waals surface area contributed by atoms with Crippen LogP contribution < -0.4 is 0 Å². The number of nitrogens with zero attached hydrogens (tertiary/aromatic N) is 2. The van der Waals surface area contributed by atoms with Crippen LogP contribution in [0.2, 0.25) is 0 Å². The van der Waals surface area contributed by atoms with Crippen LogP contribution in [0.3, 0.4) is 0 Å². The molecule has 0 aliphatic rings. The van der Waals surface area contributed by atoms with Gasteiger partial charge < -0.3 is 9.80 Å². The lowest BCUT2D eigenvalue weighted by atomic mass is 10.3. The molecular formula is C9H20N2O. The maximum absolute atomic E-state index is 11.5. The number of urea groups is 1. The van der Waals surface area contributed by atoms with Crippen LogP contribution in [0.5, 0.6) is 0 Å². The molecule has 0 aromatic rings. The van der Waals surface area contributed by atoms with Crippen LogP contribution in [0.4, 0.5) is 4.79 Å². The Morgan fingerprint density at radius 1 is 1.33 bits per heavy atom. The van der Waals surface area contributed by atoms with Gasteiger partial charge in [0.15, 0.2) is 0 Å². The average Bonchev–Trinajstić information content (AvgIpc) is 1.98. The predicted octanol–water partition coefficient (Wildman–Crippen LogP) is 1.79. The minimum Gasteiger partial charge on any atom is -0.331 e. The highest BCUT2D eigenvalue weighted by molar-refractivity contribution is 5.74. The Bertz CT molecular complexity index is 143. The van der Waals surface area contributed by atoms with Crippen molar-refractivity contribution in [2.24, 2.45) is 0 Å². The first-order chi connectivity index (χ1) is 5.50. The number of hydrogen-bond donors (Lipinski definition) is 0. The van der Waals surface area contributed by atoms with Gasteiger partial charge in [-0.1, -0.05) is 6.92 Å². The van der Waals surface area contributed by atoms with Crippen molar-refractivity contribution in [3.8, 4) is 0 Å². The summed E-state index contributed by atoms with van der Waals surface area (Å²) in [6.45, 7) is 7.00. The standard InChI is InChI=1S/C9H20N2O/c1-6-7-11(8(2)3)9(12)10(4)5/h8H,6-7H2,1-5H3. The van der Waals surface area contributed by atoms with Gasteiger partial charge in [0, 0.05) is 26.7 Å². The third-order valence-electron chi connectivity index (χ3n) is 1.72. The molecule has 0 bridgehead atoms. The molecule has 2 amide bonds. The highest BCUT2D eigenvalue weighted by Crippen LogP contribution is 2.02. The van der Waals surface area contributed by atoms with Gasteiger partial charge >= 0.3 is 6.03 Å². The van der Waals surface area contributed by atoms with Gasteiger partial charge in [0.1, 0.15) is 0 Å². The quantitative estimate of drug-likeness (QED) is 0.636. The Labute approximate surface area is 75.3 Å². The van der Waals surface area contributed by atoms with Crippen LogP contribution in [0.1, 0.15) is 27.2 Å². The zero-order valence-electron chi connectivity index (χ0n) is 8.79. The molecule has 0 atom stereocenters. The number of hydrogen-bond acceptors (Lipinski definition) is 1. The van der Waals surface area contributed by atoms with E-state index in [9.17, 15) is 4.79 Å². The molecule has 0 fully saturated rings. The molecule has 0 spiro atoms. The van der Waals surface area contributed by atoms with E-state index in [1.807, 2.05) is 18.7 Å². The molecule has 0 radical (unpaired) electrons. The van der Waals surface area contributed by atoms with Crippen molar-refractivity contribution >= 4 is 6.03 Å². The van der Waals surface area contributed by atoms with Gasteiger partial charge in [-0.15, -0.1) is 0 Å². The lowest BCUT2D eigenvalue weighted by Gasteiger charge is -2.29. The second-order valence-corrected chi connectivity index (χ2v) is 3.46. The molecule has 0 aromatic carbocycles. The van der Waals surface area contributed by atoms with Crippen LogP contribution in [-0.2, 0) is 0 Å². The maximum Gasteiger partial charge on any atom is 0.319 e. The van der Waals surface area contributed by atoms with Gasteiger partial charge in [0.25, 0.3) is 0 Å². The van der Waals surface area contributed by atoms with E-state index in [4.69, 9.17) is 0 Å². The van der Waals surface area contributed by atoms with Crippen LogP contribution in [0.15, 0.2) is 0 Å². The van der Waals surface area contributed by atoms with E-state index in [0.29, 0.717) is 6.04 Å². The first-order valence-electron chi connectivity index (χ1n) is 4.48. The van der Waals surface area contributed by atoms with Gasteiger partial charge in [-0.05, 0) is 20.3 Å². The van der Waals surface area contributed by atoms with Gasteiger partial charge in [-0.25, -0.2) is 4.79 Å². The molecular weight excluding hydrogens is 152 g/mol. The first kappa shape index (κ1) is 11.3. The van der Waals surface area contributed by atoms with Gasteiger partial charge in [-0.3, -0.25) is 0 Å². The van der Waals surface area contributed by atoms with E-state index in [0.717, 1.165) is 13.0 Å². The van der Waals surface area contributed by atoms with Crippen molar-refractivity contribution in [1.82, 2.24) is 9.80 Å². The molecule has 72 valence electrons. The van der Waals surface area contributed by atoms with Crippen molar-refractivity contribution < 1.29 is 4.79 Å². The summed E-state index contributed by atoms with van der Waals surface area (Å²) in [4.78, 5) is 15.0. The highest BCUT2D eigenvalue weighted by atomic mass is 16.2. The number of rotatable bonds is 3. The van der Waals surface area contributed by atoms with Crippen LogP contribution in [-0.4, -0.2) is 42.5 Å². The van der Waals surface area contributed by atoms with E-state index in [1.165, 1.54) is 0 Å². The van der Waals surface area contributed by atoms with Crippen molar-refractivity contribution in [3.05, 3.63) is 0 Å². The number of amides is 2. The van der Waals surface area contributed by atoms with Crippen molar-refractivity contribution in [1.29, 1.82) is 0 Å². The van der Waals surface area contributed by atoms with Gasteiger partial charge in [0.2, 0.25) is 0 Å².